The first-order valence-electron chi connectivity index (χ1n) is 8.96. The third kappa shape index (κ3) is 4.86. The van der Waals surface area contributed by atoms with E-state index in [4.69, 9.17) is 9.47 Å². The minimum atomic E-state index is -0.823. The van der Waals surface area contributed by atoms with Gasteiger partial charge in [-0.2, -0.15) is 0 Å². The predicted molar refractivity (Wildman–Crippen MR) is 101 cm³/mol. The van der Waals surface area contributed by atoms with E-state index in [1.807, 2.05) is 54.3 Å². The van der Waals surface area contributed by atoms with Crippen LogP contribution >= 0.6 is 0 Å². The van der Waals surface area contributed by atoms with Crippen molar-refractivity contribution in [3.63, 3.8) is 0 Å². The van der Waals surface area contributed by atoms with E-state index >= 15 is 0 Å². The predicted octanol–water partition coefficient (Wildman–Crippen LogP) is 2.30. The standard InChI is InChI=1S/C21H24N2O4/c1-15-12-23(13-17-10-6-7-11-18(17)27-15)14-19(24)22-20(21(25)26-2)16-8-4-3-5-9-16/h3-11,15,20H,12-14H2,1-2H3,(H,22,24)/t15?,20-/m0/s1. The lowest BCUT2D eigenvalue weighted by atomic mass is 10.1. The summed E-state index contributed by atoms with van der Waals surface area (Å²) >= 11 is 0. The van der Waals surface area contributed by atoms with Crippen LogP contribution in [0, 0.1) is 0 Å². The molecule has 142 valence electrons. The number of benzene rings is 2. The molecule has 0 saturated heterocycles. The van der Waals surface area contributed by atoms with Gasteiger partial charge in [0, 0.05) is 18.7 Å². The minimum Gasteiger partial charge on any atom is -0.489 e. The van der Waals surface area contributed by atoms with Gasteiger partial charge >= 0.3 is 5.97 Å². The van der Waals surface area contributed by atoms with Crippen LogP contribution in [0.1, 0.15) is 24.1 Å². The Balaban J connectivity index is 1.69. The van der Waals surface area contributed by atoms with Crippen molar-refractivity contribution in [2.45, 2.75) is 25.6 Å². The van der Waals surface area contributed by atoms with Crippen molar-refractivity contribution in [2.75, 3.05) is 20.2 Å². The number of nitrogens with zero attached hydrogens (tertiary/aromatic N) is 1. The van der Waals surface area contributed by atoms with Gasteiger partial charge in [0.05, 0.1) is 13.7 Å². The van der Waals surface area contributed by atoms with Gasteiger partial charge in [-0.3, -0.25) is 9.69 Å². The van der Waals surface area contributed by atoms with E-state index in [9.17, 15) is 9.59 Å². The second-order valence-electron chi connectivity index (χ2n) is 6.64. The SMILES string of the molecule is COC(=O)[C@@H](NC(=O)CN1Cc2ccccc2OC(C)C1)c1ccccc1. The van der Waals surface area contributed by atoms with Crippen molar-refractivity contribution in [2.24, 2.45) is 0 Å². The molecule has 6 heteroatoms. The van der Waals surface area contributed by atoms with E-state index in [0.29, 0.717) is 18.7 Å². The Labute approximate surface area is 159 Å². The Bertz CT molecular complexity index is 794. The molecule has 0 bridgehead atoms. The van der Waals surface area contributed by atoms with Crippen molar-refractivity contribution in [3.8, 4) is 5.75 Å². The van der Waals surface area contributed by atoms with Gasteiger partial charge in [-0.05, 0) is 18.6 Å². The van der Waals surface area contributed by atoms with Crippen LogP contribution in [0.25, 0.3) is 0 Å². The maximum Gasteiger partial charge on any atom is 0.333 e. The number of nitrogens with one attached hydrogen (secondary N) is 1. The van der Waals surface area contributed by atoms with Crippen LogP contribution in [-0.4, -0.2) is 43.1 Å². The maximum absolute atomic E-state index is 12.6. The molecule has 1 heterocycles. The van der Waals surface area contributed by atoms with E-state index in [-0.39, 0.29) is 18.6 Å². The van der Waals surface area contributed by atoms with E-state index in [1.165, 1.54) is 7.11 Å². The largest absolute Gasteiger partial charge is 0.489 e. The lowest BCUT2D eigenvalue weighted by Crippen LogP contribution is -2.43. The summed E-state index contributed by atoms with van der Waals surface area (Å²) in [6.07, 6.45) is -0.0352. The van der Waals surface area contributed by atoms with Crippen LogP contribution in [0.15, 0.2) is 54.6 Å². The highest BCUT2D eigenvalue weighted by molar-refractivity contribution is 5.86. The fourth-order valence-corrected chi connectivity index (χ4v) is 3.24. The zero-order valence-corrected chi connectivity index (χ0v) is 15.6. The fraction of sp³-hybridized carbons (Fsp3) is 0.333. The Morgan fingerprint density at radius 2 is 1.89 bits per heavy atom. The van der Waals surface area contributed by atoms with Gasteiger partial charge in [-0.1, -0.05) is 48.5 Å². The Kier molecular flexibility index (Phi) is 6.08. The molecular formula is C21H24N2O4. The lowest BCUT2D eigenvalue weighted by Gasteiger charge is -2.23. The van der Waals surface area contributed by atoms with Crippen molar-refractivity contribution in [1.82, 2.24) is 10.2 Å². The number of ether oxygens (including phenoxy) is 2. The third-order valence-corrected chi connectivity index (χ3v) is 4.45. The Morgan fingerprint density at radius 3 is 2.63 bits per heavy atom. The molecule has 0 saturated carbocycles. The third-order valence-electron chi connectivity index (χ3n) is 4.45. The van der Waals surface area contributed by atoms with Crippen LogP contribution in [0.5, 0.6) is 5.75 Å². The second kappa shape index (κ2) is 8.68. The smallest absolute Gasteiger partial charge is 0.333 e. The molecule has 2 aromatic rings. The summed E-state index contributed by atoms with van der Waals surface area (Å²) in [5, 5.41) is 2.79. The highest BCUT2D eigenvalue weighted by Crippen LogP contribution is 2.24. The number of hydrogen-bond donors (Lipinski definition) is 1. The molecule has 1 unspecified atom stereocenters. The molecule has 2 aromatic carbocycles. The number of para-hydroxylation sites is 1. The summed E-state index contributed by atoms with van der Waals surface area (Å²) in [6.45, 7) is 3.38. The first-order chi connectivity index (χ1) is 13.1. The lowest BCUT2D eigenvalue weighted by molar-refractivity contribution is -0.145. The number of carbonyl (C=O) groups excluding carboxylic acids is 2. The Morgan fingerprint density at radius 1 is 1.19 bits per heavy atom. The average Bonchev–Trinajstić information content (AvgIpc) is 2.83. The number of esters is 1. The van der Waals surface area contributed by atoms with E-state index in [2.05, 4.69) is 5.32 Å². The Hall–Kier alpha value is -2.86. The van der Waals surface area contributed by atoms with Crippen LogP contribution in [-0.2, 0) is 20.9 Å². The second-order valence-corrected chi connectivity index (χ2v) is 6.64. The molecule has 0 aliphatic carbocycles. The van der Waals surface area contributed by atoms with Crippen molar-refractivity contribution in [1.29, 1.82) is 0 Å². The summed E-state index contributed by atoms with van der Waals surface area (Å²) < 4.78 is 10.8. The number of hydrogen-bond acceptors (Lipinski definition) is 5. The molecule has 0 aromatic heterocycles. The summed E-state index contributed by atoms with van der Waals surface area (Å²) in [7, 11) is 1.31. The van der Waals surface area contributed by atoms with Crippen LogP contribution in [0.3, 0.4) is 0 Å². The molecule has 3 rings (SSSR count). The fourth-order valence-electron chi connectivity index (χ4n) is 3.24. The molecule has 0 fully saturated rings. The molecule has 1 aliphatic rings. The summed E-state index contributed by atoms with van der Waals surface area (Å²) in [6, 6.07) is 16.1. The van der Waals surface area contributed by atoms with E-state index < -0.39 is 12.0 Å². The zero-order valence-electron chi connectivity index (χ0n) is 15.6. The molecule has 27 heavy (non-hydrogen) atoms. The average molecular weight is 368 g/mol. The molecule has 1 N–H and O–H groups in total. The molecule has 1 aliphatic heterocycles. The van der Waals surface area contributed by atoms with E-state index in [0.717, 1.165) is 11.3 Å². The van der Waals surface area contributed by atoms with Gasteiger partial charge in [-0.25, -0.2) is 4.79 Å². The molecule has 0 radical (unpaired) electrons. The minimum absolute atomic E-state index is 0.0352. The van der Waals surface area contributed by atoms with Crippen LogP contribution < -0.4 is 10.1 Å². The number of rotatable bonds is 5. The monoisotopic (exact) mass is 368 g/mol. The van der Waals surface area contributed by atoms with Gasteiger partial charge in [0.25, 0.3) is 0 Å². The van der Waals surface area contributed by atoms with Gasteiger partial charge in [0.2, 0.25) is 5.91 Å². The van der Waals surface area contributed by atoms with Gasteiger partial charge < -0.3 is 14.8 Å². The highest BCUT2D eigenvalue weighted by Gasteiger charge is 2.26. The first kappa shape index (κ1) is 18.9. The maximum atomic E-state index is 12.6. The number of amides is 1. The molecular weight excluding hydrogens is 344 g/mol. The number of methoxy groups -OCH3 is 1. The summed E-state index contributed by atoms with van der Waals surface area (Å²) in [4.78, 5) is 26.8. The molecule has 1 amide bonds. The summed E-state index contributed by atoms with van der Waals surface area (Å²) in [5.74, 6) is 0.123. The normalized spacial score (nSPS) is 17.8. The van der Waals surface area contributed by atoms with Crippen molar-refractivity contribution in [3.05, 3.63) is 65.7 Å². The van der Waals surface area contributed by atoms with Gasteiger partial charge in [0.15, 0.2) is 6.04 Å². The molecule has 6 nitrogen and oxygen atoms in total. The summed E-state index contributed by atoms with van der Waals surface area (Å²) in [5.41, 5.74) is 1.73. The number of carbonyl (C=O) groups is 2. The van der Waals surface area contributed by atoms with Gasteiger partial charge in [0.1, 0.15) is 11.9 Å². The zero-order chi connectivity index (χ0) is 19.2. The molecule has 0 spiro atoms. The van der Waals surface area contributed by atoms with Crippen LogP contribution in [0.2, 0.25) is 0 Å². The van der Waals surface area contributed by atoms with E-state index in [1.54, 1.807) is 12.1 Å². The molecule has 2 atom stereocenters. The van der Waals surface area contributed by atoms with Crippen LogP contribution in [0.4, 0.5) is 0 Å². The van der Waals surface area contributed by atoms with Crippen molar-refractivity contribution < 1.29 is 19.1 Å². The number of fused-ring (bicyclic) bond motifs is 1. The quantitative estimate of drug-likeness (QED) is 0.821. The van der Waals surface area contributed by atoms with Crippen molar-refractivity contribution >= 4 is 11.9 Å². The topological polar surface area (TPSA) is 67.9 Å². The highest BCUT2D eigenvalue weighted by atomic mass is 16.5. The first-order valence-corrected chi connectivity index (χ1v) is 8.96. The van der Waals surface area contributed by atoms with Gasteiger partial charge in [-0.15, -0.1) is 0 Å².